The van der Waals surface area contributed by atoms with Gasteiger partial charge in [0.1, 0.15) is 23.5 Å². The Morgan fingerprint density at radius 1 is 0.696 bits per heavy atom. The second-order valence-corrected chi connectivity index (χ2v) is 19.8. The Kier molecular flexibility index (Phi) is 15.4. The zero-order valence-electron chi connectivity index (χ0n) is 39.3. The van der Waals surface area contributed by atoms with Gasteiger partial charge in [-0.2, -0.15) is 5.10 Å². The summed E-state index contributed by atoms with van der Waals surface area (Å²) in [5.41, 5.74) is 1.09. The van der Waals surface area contributed by atoms with Gasteiger partial charge in [-0.25, -0.2) is 18.3 Å². The highest BCUT2D eigenvalue weighted by Crippen LogP contribution is 2.31. The minimum absolute atomic E-state index is 0.0161. The number of amides is 4. The van der Waals surface area contributed by atoms with Crippen molar-refractivity contribution in [2.24, 2.45) is 11.8 Å². The second-order valence-electron chi connectivity index (χ2n) is 19.8. The Morgan fingerprint density at radius 3 is 2.13 bits per heavy atom. The number of aromatic amines is 1. The van der Waals surface area contributed by atoms with Crippen molar-refractivity contribution in [3.63, 3.8) is 0 Å². The third kappa shape index (κ3) is 11.4. The van der Waals surface area contributed by atoms with E-state index in [-0.39, 0.29) is 40.3 Å². The van der Waals surface area contributed by atoms with Crippen molar-refractivity contribution in [1.82, 2.24) is 45.3 Å². The number of hydrogen-bond donors (Lipinski definition) is 3. The Balaban J connectivity index is 0.714. The van der Waals surface area contributed by atoms with E-state index in [0.717, 1.165) is 90.0 Å². The number of likely N-dealkylation sites (tertiary alicyclic amines) is 1. The molecule has 1 saturated carbocycles. The molecule has 5 aliphatic rings. The highest BCUT2D eigenvalue weighted by molar-refractivity contribution is 5.98. The van der Waals surface area contributed by atoms with Crippen molar-refractivity contribution < 1.29 is 32.3 Å². The number of aromatic nitrogens is 2. The largest absolute Gasteiger partial charge is 0.340 e. The van der Waals surface area contributed by atoms with Crippen LogP contribution in [0.15, 0.2) is 59.4 Å². The number of piperazine rings is 2. The van der Waals surface area contributed by atoms with Gasteiger partial charge >= 0.3 is 0 Å². The van der Waals surface area contributed by atoms with Crippen LogP contribution in [0.5, 0.6) is 0 Å². The Labute approximate surface area is 400 Å². The van der Waals surface area contributed by atoms with Crippen molar-refractivity contribution in [3.8, 4) is 0 Å². The number of piperidine rings is 2. The number of nitrogens with zero attached hydrogens (tertiary/aromatic N) is 6. The molecule has 5 heterocycles. The number of carbonyl (C=O) groups excluding carboxylic acids is 4. The number of benzene rings is 3. The lowest BCUT2D eigenvalue weighted by atomic mass is 9.83. The molecule has 3 aromatic carbocycles. The number of rotatable bonds is 12. The molecule has 4 amide bonds. The van der Waals surface area contributed by atoms with Gasteiger partial charge in [0.15, 0.2) is 0 Å². The van der Waals surface area contributed by atoms with Crippen molar-refractivity contribution >= 4 is 34.4 Å². The molecule has 2 unspecified atom stereocenters. The molecule has 0 spiro atoms. The summed E-state index contributed by atoms with van der Waals surface area (Å²) in [5, 5.41) is 14.2. The fraction of sp³-hybridized carbons (Fsp3) is 0.538. The van der Waals surface area contributed by atoms with Gasteiger partial charge < -0.3 is 25.3 Å². The van der Waals surface area contributed by atoms with Crippen LogP contribution in [-0.2, 0) is 16.0 Å². The molecule has 4 saturated heterocycles. The molecule has 3 N–H and O–H groups in total. The molecule has 17 heteroatoms. The van der Waals surface area contributed by atoms with Gasteiger partial charge in [0.05, 0.1) is 28.8 Å². The van der Waals surface area contributed by atoms with Crippen molar-refractivity contribution in [2.45, 2.75) is 76.2 Å². The van der Waals surface area contributed by atoms with Gasteiger partial charge in [-0.1, -0.05) is 43.5 Å². The van der Waals surface area contributed by atoms with E-state index < -0.39 is 35.3 Å². The molecule has 368 valence electrons. The SMILES string of the molecule is O=C(NC(C(=O)N1CCN(CC2CCN(CC(=O)N3CCN(C(=O)c4cc(Cc5n[nH]c(=O)c6ccccc56)ccc4F)CC3)CC2)CC1)C1CCCCC1)c1cc(C2CCCNC2)c(F)cc1F. The molecule has 14 nitrogen and oxygen atoms in total. The zero-order valence-corrected chi connectivity index (χ0v) is 39.3. The normalized spacial score (nSPS) is 20.8. The molecule has 69 heavy (non-hydrogen) atoms. The molecule has 4 aromatic rings. The van der Waals surface area contributed by atoms with E-state index in [1.807, 2.05) is 17.0 Å². The number of halogens is 3. The van der Waals surface area contributed by atoms with Gasteiger partial charge in [0.2, 0.25) is 11.8 Å². The van der Waals surface area contributed by atoms with Crippen LogP contribution in [0, 0.1) is 29.3 Å². The van der Waals surface area contributed by atoms with Crippen molar-refractivity contribution in [3.05, 3.63) is 110 Å². The minimum Gasteiger partial charge on any atom is -0.340 e. The summed E-state index contributed by atoms with van der Waals surface area (Å²) >= 11 is 0. The number of fused-ring (bicyclic) bond motifs is 1. The molecule has 1 aliphatic carbocycles. The molecule has 9 rings (SSSR count). The topological polar surface area (TPSA) is 154 Å². The summed E-state index contributed by atoms with van der Waals surface area (Å²) in [7, 11) is 0. The van der Waals surface area contributed by atoms with Crippen LogP contribution in [0.4, 0.5) is 13.2 Å². The molecule has 5 fully saturated rings. The van der Waals surface area contributed by atoms with E-state index in [0.29, 0.717) is 105 Å². The lowest BCUT2D eigenvalue weighted by Gasteiger charge is -2.41. The van der Waals surface area contributed by atoms with Crippen molar-refractivity contribution in [1.29, 1.82) is 0 Å². The van der Waals surface area contributed by atoms with Gasteiger partial charge in [0, 0.05) is 83.3 Å². The maximum Gasteiger partial charge on any atom is 0.272 e. The summed E-state index contributed by atoms with van der Waals surface area (Å²) in [6.45, 7) is 8.00. The lowest BCUT2D eigenvalue weighted by molar-refractivity contribution is -0.137. The summed E-state index contributed by atoms with van der Waals surface area (Å²) in [5.74, 6) is -3.15. The molecular weight excluding hydrogens is 888 g/mol. The first-order valence-corrected chi connectivity index (χ1v) is 25.0. The fourth-order valence-corrected chi connectivity index (χ4v) is 11.2. The third-order valence-electron chi connectivity index (χ3n) is 15.3. The number of carbonyl (C=O) groups is 4. The highest BCUT2D eigenvalue weighted by atomic mass is 19.1. The Morgan fingerprint density at radius 2 is 1.41 bits per heavy atom. The van der Waals surface area contributed by atoms with E-state index in [2.05, 4.69) is 30.6 Å². The monoisotopic (exact) mass is 951 g/mol. The zero-order chi connectivity index (χ0) is 48.0. The maximum absolute atomic E-state index is 15.2. The first kappa shape index (κ1) is 48.4. The molecule has 0 bridgehead atoms. The first-order valence-electron chi connectivity index (χ1n) is 25.0. The van der Waals surface area contributed by atoms with Crippen LogP contribution in [0.1, 0.15) is 101 Å². The minimum atomic E-state index is -0.921. The van der Waals surface area contributed by atoms with Gasteiger partial charge in [-0.15, -0.1) is 0 Å². The molecular formula is C52H64F3N9O5. The van der Waals surface area contributed by atoms with Crippen LogP contribution in [-0.4, -0.2) is 156 Å². The van der Waals surface area contributed by atoms with E-state index in [9.17, 15) is 28.4 Å². The smallest absolute Gasteiger partial charge is 0.272 e. The summed E-state index contributed by atoms with van der Waals surface area (Å²) in [6.07, 6.45) is 8.44. The predicted octanol–water partition coefficient (Wildman–Crippen LogP) is 4.92. The predicted molar refractivity (Wildman–Crippen MR) is 255 cm³/mol. The average Bonchev–Trinajstić information content (AvgIpc) is 3.38. The van der Waals surface area contributed by atoms with Gasteiger partial charge in [0.25, 0.3) is 17.4 Å². The van der Waals surface area contributed by atoms with E-state index in [4.69, 9.17) is 0 Å². The number of hydrogen-bond acceptors (Lipinski definition) is 9. The maximum atomic E-state index is 15.2. The van der Waals surface area contributed by atoms with Gasteiger partial charge in [-0.3, -0.25) is 33.8 Å². The van der Waals surface area contributed by atoms with Crippen LogP contribution in [0.25, 0.3) is 10.8 Å². The first-order chi connectivity index (χ1) is 33.5. The molecule has 4 aliphatic heterocycles. The average molecular weight is 952 g/mol. The molecule has 2 atom stereocenters. The molecule has 0 radical (unpaired) electrons. The standard InChI is InChI=1S/C52H64F3N9O5/c53-43-13-12-35(28-46-38-10-4-5-11-39(38)50(67)59-58-46)27-42(43)51(68)63-25-23-62(24-26-63)47(65)33-60-17-14-34(15-18-60)32-61-19-21-64(22-20-61)52(69)48(36-7-2-1-3-8-36)57-49(66)41-29-40(44(54)30-45(41)55)37-9-6-16-56-31-37/h4-5,10-13,27,29-30,34,36-37,48,56H,1-3,6-9,14-26,28,31-33H2,(H,57,66)(H,59,67). The van der Waals surface area contributed by atoms with Crippen LogP contribution in [0.3, 0.4) is 0 Å². The number of H-pyrrole nitrogens is 1. The van der Waals surface area contributed by atoms with Crippen molar-refractivity contribution in [2.75, 3.05) is 91.6 Å². The summed E-state index contributed by atoms with van der Waals surface area (Å²) in [4.78, 5) is 77.1. The van der Waals surface area contributed by atoms with Crippen LogP contribution < -0.4 is 16.2 Å². The van der Waals surface area contributed by atoms with Crippen LogP contribution in [0.2, 0.25) is 0 Å². The third-order valence-corrected chi connectivity index (χ3v) is 15.3. The van der Waals surface area contributed by atoms with Gasteiger partial charge in [-0.05, 0) is 111 Å². The molecule has 1 aromatic heterocycles. The number of nitrogens with one attached hydrogen (secondary N) is 3. The quantitative estimate of drug-likeness (QED) is 0.180. The lowest BCUT2D eigenvalue weighted by Crippen LogP contribution is -2.57. The highest BCUT2D eigenvalue weighted by Gasteiger charge is 2.37. The Bertz CT molecular complexity index is 2560. The van der Waals surface area contributed by atoms with Crippen LogP contribution >= 0.6 is 0 Å². The fourth-order valence-electron chi connectivity index (χ4n) is 11.2. The Hall–Kier alpha value is -5.65. The van der Waals surface area contributed by atoms with E-state index in [1.165, 1.54) is 12.1 Å². The van der Waals surface area contributed by atoms with E-state index >= 15 is 8.78 Å². The summed E-state index contributed by atoms with van der Waals surface area (Å²) < 4.78 is 45.2. The second kappa shape index (κ2) is 22.0. The summed E-state index contributed by atoms with van der Waals surface area (Å²) in [6, 6.07) is 13.0. The van der Waals surface area contributed by atoms with E-state index in [1.54, 1.807) is 34.1 Å².